The second-order valence-corrected chi connectivity index (χ2v) is 5.37. The van der Waals surface area contributed by atoms with Crippen LogP contribution in [0.25, 0.3) is 0 Å². The molecule has 0 saturated carbocycles. The van der Waals surface area contributed by atoms with E-state index in [4.69, 9.17) is 5.73 Å². The summed E-state index contributed by atoms with van der Waals surface area (Å²) in [5.41, 5.74) is 6.66. The first-order valence-corrected chi connectivity index (χ1v) is 6.91. The lowest BCUT2D eigenvalue weighted by molar-refractivity contribution is 0.992. The zero-order valence-corrected chi connectivity index (χ0v) is 11.8. The van der Waals surface area contributed by atoms with Crippen LogP contribution in [0.4, 0.5) is 5.82 Å². The van der Waals surface area contributed by atoms with Crippen molar-refractivity contribution in [2.45, 2.75) is 17.6 Å². The van der Waals surface area contributed by atoms with E-state index in [1.54, 1.807) is 11.8 Å². The number of rotatable bonds is 3. The van der Waals surface area contributed by atoms with Gasteiger partial charge in [0.2, 0.25) is 0 Å². The molecular weight excluding hydrogens is 298 g/mol. The first kappa shape index (κ1) is 12.4. The lowest BCUT2D eigenvalue weighted by atomic mass is 10.4. The maximum atomic E-state index is 5.78. The SMILES string of the molecule is Cc1nc(CSc2ccccc2)nc(N)c1Br. The van der Waals surface area contributed by atoms with E-state index in [2.05, 4.69) is 38.0 Å². The molecule has 0 radical (unpaired) electrons. The number of halogens is 1. The maximum absolute atomic E-state index is 5.78. The van der Waals surface area contributed by atoms with Crippen molar-refractivity contribution in [3.8, 4) is 0 Å². The molecule has 0 aliphatic heterocycles. The monoisotopic (exact) mass is 309 g/mol. The quantitative estimate of drug-likeness (QED) is 0.883. The second kappa shape index (κ2) is 5.51. The van der Waals surface area contributed by atoms with Crippen LogP contribution in [0.3, 0.4) is 0 Å². The maximum Gasteiger partial charge on any atom is 0.141 e. The first-order chi connectivity index (χ1) is 8.16. The van der Waals surface area contributed by atoms with Crippen molar-refractivity contribution >= 4 is 33.5 Å². The molecule has 1 heterocycles. The van der Waals surface area contributed by atoms with E-state index >= 15 is 0 Å². The predicted octanol–water partition coefficient (Wildman–Crippen LogP) is 3.42. The molecule has 1 aromatic heterocycles. The Hall–Kier alpha value is -1.07. The number of nitrogens with two attached hydrogens (primary N) is 1. The third kappa shape index (κ3) is 3.20. The summed E-state index contributed by atoms with van der Waals surface area (Å²) in [5.74, 6) is 1.99. The molecule has 2 rings (SSSR count). The van der Waals surface area contributed by atoms with Gasteiger partial charge in [0.15, 0.2) is 0 Å². The van der Waals surface area contributed by atoms with Gasteiger partial charge in [0, 0.05) is 4.90 Å². The lowest BCUT2D eigenvalue weighted by Gasteiger charge is -2.05. The Kier molecular flexibility index (Phi) is 4.02. The van der Waals surface area contributed by atoms with Crippen LogP contribution < -0.4 is 5.73 Å². The van der Waals surface area contributed by atoms with Gasteiger partial charge in [-0.3, -0.25) is 0 Å². The summed E-state index contributed by atoms with van der Waals surface area (Å²) < 4.78 is 0.783. The van der Waals surface area contributed by atoms with Gasteiger partial charge in [-0.1, -0.05) is 18.2 Å². The van der Waals surface area contributed by atoms with Gasteiger partial charge in [-0.2, -0.15) is 0 Å². The number of aromatic nitrogens is 2. The normalized spacial score (nSPS) is 10.5. The average molecular weight is 310 g/mol. The van der Waals surface area contributed by atoms with Gasteiger partial charge in [0.05, 0.1) is 15.9 Å². The molecular formula is C12H12BrN3S. The average Bonchev–Trinajstić information content (AvgIpc) is 2.34. The van der Waals surface area contributed by atoms with Crippen molar-refractivity contribution in [3.05, 3.63) is 46.3 Å². The molecule has 17 heavy (non-hydrogen) atoms. The minimum atomic E-state index is 0.501. The molecule has 0 fully saturated rings. The summed E-state index contributed by atoms with van der Waals surface area (Å²) in [4.78, 5) is 9.84. The summed E-state index contributed by atoms with van der Waals surface area (Å²) >= 11 is 5.05. The number of nitrogen functional groups attached to an aromatic ring is 1. The molecule has 0 amide bonds. The fraction of sp³-hybridized carbons (Fsp3) is 0.167. The van der Waals surface area contributed by atoms with Crippen molar-refractivity contribution in [3.63, 3.8) is 0 Å². The minimum absolute atomic E-state index is 0.501. The highest BCUT2D eigenvalue weighted by Gasteiger charge is 2.06. The van der Waals surface area contributed by atoms with Crippen molar-refractivity contribution in [2.24, 2.45) is 0 Å². The smallest absolute Gasteiger partial charge is 0.141 e. The van der Waals surface area contributed by atoms with Gasteiger partial charge >= 0.3 is 0 Å². The van der Waals surface area contributed by atoms with Crippen LogP contribution in [0.5, 0.6) is 0 Å². The Labute approximate surface area is 113 Å². The number of hydrogen-bond donors (Lipinski definition) is 1. The van der Waals surface area contributed by atoms with Gasteiger partial charge in [0.1, 0.15) is 11.6 Å². The first-order valence-electron chi connectivity index (χ1n) is 5.13. The number of benzene rings is 1. The standard InChI is InChI=1S/C12H12BrN3S/c1-8-11(13)12(14)16-10(15-8)7-17-9-5-3-2-4-6-9/h2-6H,7H2,1H3,(H2,14,15,16). The molecule has 0 aliphatic carbocycles. The van der Waals surface area contributed by atoms with E-state index in [1.807, 2.05) is 25.1 Å². The largest absolute Gasteiger partial charge is 0.383 e. The molecule has 0 aliphatic rings. The summed E-state index contributed by atoms with van der Waals surface area (Å²) in [6.07, 6.45) is 0. The van der Waals surface area contributed by atoms with Crippen LogP contribution in [-0.4, -0.2) is 9.97 Å². The van der Waals surface area contributed by atoms with Gasteiger partial charge < -0.3 is 5.73 Å². The van der Waals surface area contributed by atoms with Crippen LogP contribution in [0.1, 0.15) is 11.5 Å². The molecule has 5 heteroatoms. The van der Waals surface area contributed by atoms with Crippen molar-refractivity contribution in [2.75, 3.05) is 5.73 Å². The summed E-state index contributed by atoms with van der Waals surface area (Å²) in [6.45, 7) is 1.92. The van der Waals surface area contributed by atoms with Crippen LogP contribution in [0, 0.1) is 6.92 Å². The minimum Gasteiger partial charge on any atom is -0.383 e. The van der Waals surface area contributed by atoms with Crippen molar-refractivity contribution in [1.82, 2.24) is 9.97 Å². The van der Waals surface area contributed by atoms with E-state index in [0.29, 0.717) is 5.82 Å². The highest BCUT2D eigenvalue weighted by atomic mass is 79.9. The zero-order valence-electron chi connectivity index (χ0n) is 9.35. The predicted molar refractivity (Wildman–Crippen MR) is 74.9 cm³/mol. The summed E-state index contributed by atoms with van der Waals surface area (Å²) in [6, 6.07) is 10.2. The highest BCUT2D eigenvalue weighted by Crippen LogP contribution is 2.24. The van der Waals surface area contributed by atoms with Gasteiger partial charge in [0.25, 0.3) is 0 Å². The number of nitrogens with zero attached hydrogens (tertiary/aromatic N) is 2. The molecule has 0 unspecified atom stereocenters. The second-order valence-electron chi connectivity index (χ2n) is 3.53. The molecule has 0 saturated heterocycles. The molecule has 2 N–H and O–H groups in total. The fourth-order valence-electron chi connectivity index (χ4n) is 1.37. The van der Waals surface area contributed by atoms with Crippen LogP contribution in [0.15, 0.2) is 39.7 Å². The van der Waals surface area contributed by atoms with Crippen molar-refractivity contribution in [1.29, 1.82) is 0 Å². The molecule has 3 nitrogen and oxygen atoms in total. The highest BCUT2D eigenvalue weighted by molar-refractivity contribution is 9.10. The Morgan fingerprint density at radius 2 is 1.94 bits per heavy atom. The summed E-state index contributed by atoms with van der Waals surface area (Å²) in [7, 11) is 0. The van der Waals surface area contributed by atoms with Crippen LogP contribution in [0.2, 0.25) is 0 Å². The lowest BCUT2D eigenvalue weighted by Crippen LogP contribution is -2.02. The molecule has 1 aromatic carbocycles. The third-order valence-corrected chi connectivity index (χ3v) is 4.19. The summed E-state index contributed by atoms with van der Waals surface area (Å²) in [5, 5.41) is 0. The van der Waals surface area contributed by atoms with Gasteiger partial charge in [-0.25, -0.2) is 9.97 Å². The molecule has 0 bridgehead atoms. The topological polar surface area (TPSA) is 51.8 Å². The number of aryl methyl sites for hydroxylation is 1. The fourth-order valence-corrected chi connectivity index (χ4v) is 2.32. The van der Waals surface area contributed by atoms with Crippen LogP contribution in [-0.2, 0) is 5.75 Å². The number of thioether (sulfide) groups is 1. The Balaban J connectivity index is 2.10. The Bertz CT molecular complexity index is 493. The van der Waals surface area contributed by atoms with Gasteiger partial charge in [-0.05, 0) is 35.0 Å². The number of hydrogen-bond acceptors (Lipinski definition) is 4. The Morgan fingerprint density at radius 3 is 2.59 bits per heavy atom. The van der Waals surface area contributed by atoms with E-state index in [1.165, 1.54) is 4.90 Å². The van der Waals surface area contributed by atoms with E-state index in [0.717, 1.165) is 21.7 Å². The van der Waals surface area contributed by atoms with Crippen LogP contribution >= 0.6 is 27.7 Å². The molecule has 0 spiro atoms. The van der Waals surface area contributed by atoms with E-state index in [-0.39, 0.29) is 0 Å². The molecule has 2 aromatic rings. The number of anilines is 1. The molecule has 0 atom stereocenters. The molecule has 88 valence electrons. The Morgan fingerprint density at radius 1 is 1.24 bits per heavy atom. The zero-order chi connectivity index (χ0) is 12.3. The van der Waals surface area contributed by atoms with E-state index in [9.17, 15) is 0 Å². The van der Waals surface area contributed by atoms with Crippen molar-refractivity contribution < 1.29 is 0 Å². The van der Waals surface area contributed by atoms with Gasteiger partial charge in [-0.15, -0.1) is 11.8 Å². The third-order valence-electron chi connectivity index (χ3n) is 2.20. The van der Waals surface area contributed by atoms with E-state index < -0.39 is 0 Å².